The van der Waals surface area contributed by atoms with Crippen LogP contribution in [0.5, 0.6) is 0 Å². The summed E-state index contributed by atoms with van der Waals surface area (Å²) in [6.07, 6.45) is -4.74. The Balaban J connectivity index is 1.75. The van der Waals surface area contributed by atoms with Gasteiger partial charge in [0, 0.05) is 16.8 Å². The Bertz CT molecular complexity index is 1220. The number of nitrogens with zero attached hydrogens (tertiary/aromatic N) is 1. The van der Waals surface area contributed by atoms with Crippen LogP contribution >= 0.6 is 0 Å². The Labute approximate surface area is 168 Å². The molecule has 2 N–H and O–H groups in total. The number of carboxylic acid groups (broad SMARTS) is 1. The highest BCUT2D eigenvalue weighted by molar-refractivity contribution is 5.89. The zero-order chi connectivity index (χ0) is 21.5. The van der Waals surface area contributed by atoms with Crippen molar-refractivity contribution in [1.29, 1.82) is 0 Å². The summed E-state index contributed by atoms with van der Waals surface area (Å²) in [4.78, 5) is 18.7. The van der Waals surface area contributed by atoms with Crippen LogP contribution in [-0.2, 0) is 6.18 Å². The summed E-state index contributed by atoms with van der Waals surface area (Å²) in [5, 5.41) is 9.01. The molecule has 8 heteroatoms. The van der Waals surface area contributed by atoms with Crippen LogP contribution in [-0.4, -0.2) is 21.0 Å². The van der Waals surface area contributed by atoms with Crippen molar-refractivity contribution >= 4 is 5.97 Å². The Morgan fingerprint density at radius 1 is 1.03 bits per heavy atom. The Morgan fingerprint density at radius 3 is 2.40 bits per heavy atom. The molecular formula is C22H15F3N2O3. The molecule has 0 unspecified atom stereocenters. The highest BCUT2D eigenvalue weighted by atomic mass is 19.4. The molecule has 0 aliphatic heterocycles. The number of hydrogen-bond donors (Lipinski definition) is 2. The van der Waals surface area contributed by atoms with Gasteiger partial charge in [0.15, 0.2) is 11.6 Å². The Morgan fingerprint density at radius 2 is 1.73 bits per heavy atom. The monoisotopic (exact) mass is 412 g/mol. The third-order valence-electron chi connectivity index (χ3n) is 4.61. The molecule has 2 aromatic heterocycles. The lowest BCUT2D eigenvalue weighted by Gasteiger charge is -2.12. The topological polar surface area (TPSA) is 79.1 Å². The van der Waals surface area contributed by atoms with E-state index in [2.05, 4.69) is 9.97 Å². The minimum absolute atomic E-state index is 0.0374. The van der Waals surface area contributed by atoms with Crippen LogP contribution in [0.15, 0.2) is 65.1 Å². The van der Waals surface area contributed by atoms with Crippen molar-refractivity contribution in [2.75, 3.05) is 0 Å². The molecule has 0 spiro atoms. The van der Waals surface area contributed by atoms with Gasteiger partial charge in [0.1, 0.15) is 5.76 Å². The maximum Gasteiger partial charge on any atom is 0.417 e. The highest BCUT2D eigenvalue weighted by Gasteiger charge is 2.35. The third kappa shape index (κ3) is 3.59. The highest BCUT2D eigenvalue weighted by Crippen LogP contribution is 2.39. The van der Waals surface area contributed by atoms with Crippen LogP contribution in [0.1, 0.15) is 21.6 Å². The number of nitrogens with one attached hydrogen (secondary N) is 1. The molecular weight excluding hydrogens is 397 g/mol. The Kier molecular flexibility index (Phi) is 4.69. The molecule has 4 aromatic rings. The summed E-state index contributed by atoms with van der Waals surface area (Å²) in [6, 6.07) is 15.2. The van der Waals surface area contributed by atoms with E-state index in [9.17, 15) is 18.0 Å². The number of aromatic carboxylic acids is 1. The van der Waals surface area contributed by atoms with Gasteiger partial charge in [-0.1, -0.05) is 30.3 Å². The van der Waals surface area contributed by atoms with Crippen LogP contribution in [0.2, 0.25) is 0 Å². The summed E-state index contributed by atoms with van der Waals surface area (Å²) in [5.41, 5.74) is 0.621. The molecule has 0 aliphatic rings. The molecule has 152 valence electrons. The third-order valence-corrected chi connectivity index (χ3v) is 4.61. The number of rotatable bonds is 4. The normalized spacial score (nSPS) is 11.6. The van der Waals surface area contributed by atoms with Crippen molar-refractivity contribution in [1.82, 2.24) is 9.97 Å². The number of imidazole rings is 1. The number of halogens is 3. The van der Waals surface area contributed by atoms with E-state index < -0.39 is 23.3 Å². The van der Waals surface area contributed by atoms with Gasteiger partial charge in [0.2, 0.25) is 0 Å². The second-order valence-electron chi connectivity index (χ2n) is 6.65. The van der Waals surface area contributed by atoms with Crippen molar-refractivity contribution < 1.29 is 27.5 Å². The second-order valence-corrected chi connectivity index (χ2v) is 6.65. The van der Waals surface area contributed by atoms with Gasteiger partial charge in [-0.2, -0.15) is 13.2 Å². The van der Waals surface area contributed by atoms with Crippen LogP contribution in [0.25, 0.3) is 34.2 Å². The summed E-state index contributed by atoms with van der Waals surface area (Å²) in [7, 11) is 0. The molecule has 0 saturated carbocycles. The smallest absolute Gasteiger partial charge is 0.417 e. The molecule has 0 amide bonds. The predicted octanol–water partition coefficient (Wildman–Crippen LogP) is 6.03. The van der Waals surface area contributed by atoms with Crippen molar-refractivity contribution in [3.8, 4) is 34.2 Å². The van der Waals surface area contributed by atoms with Crippen LogP contribution in [0.4, 0.5) is 13.2 Å². The number of carboxylic acids is 1. The first-order chi connectivity index (χ1) is 14.2. The number of carbonyl (C=O) groups is 1. The van der Waals surface area contributed by atoms with Gasteiger partial charge in [-0.15, -0.1) is 0 Å². The molecule has 0 radical (unpaired) electrons. The number of hydrogen-bond acceptors (Lipinski definition) is 3. The number of aryl methyl sites for hydroxylation is 1. The lowest BCUT2D eigenvalue weighted by molar-refractivity contribution is -0.137. The van der Waals surface area contributed by atoms with E-state index in [0.29, 0.717) is 17.6 Å². The molecule has 5 nitrogen and oxygen atoms in total. The lowest BCUT2D eigenvalue weighted by Crippen LogP contribution is -2.09. The summed E-state index contributed by atoms with van der Waals surface area (Å²) in [6.45, 7) is 1.84. The number of H-pyrrole nitrogens is 1. The Hall–Kier alpha value is -3.81. The average molecular weight is 412 g/mol. The lowest BCUT2D eigenvalue weighted by atomic mass is 10.0. The predicted molar refractivity (Wildman–Crippen MR) is 104 cm³/mol. The van der Waals surface area contributed by atoms with E-state index in [1.807, 2.05) is 37.3 Å². The van der Waals surface area contributed by atoms with Gasteiger partial charge in [0.25, 0.3) is 0 Å². The molecule has 2 aromatic carbocycles. The molecule has 2 heterocycles. The first-order valence-corrected chi connectivity index (χ1v) is 8.91. The van der Waals surface area contributed by atoms with Crippen LogP contribution in [0, 0.1) is 6.92 Å². The van der Waals surface area contributed by atoms with Gasteiger partial charge in [-0.3, -0.25) is 0 Å². The molecule has 4 rings (SSSR count). The van der Waals surface area contributed by atoms with E-state index in [4.69, 9.17) is 9.52 Å². The van der Waals surface area contributed by atoms with E-state index in [1.165, 1.54) is 12.1 Å². The molecule has 0 atom stereocenters. The summed E-state index contributed by atoms with van der Waals surface area (Å²) < 4.78 is 46.1. The minimum atomic E-state index is -4.74. The second kappa shape index (κ2) is 7.22. The summed E-state index contributed by atoms with van der Waals surface area (Å²) in [5.74, 6) is -0.824. The van der Waals surface area contributed by atoms with Crippen molar-refractivity contribution in [2.45, 2.75) is 13.1 Å². The fourth-order valence-electron chi connectivity index (χ4n) is 3.19. The number of benzene rings is 2. The van der Waals surface area contributed by atoms with E-state index >= 15 is 0 Å². The number of furan rings is 1. The van der Waals surface area contributed by atoms with Gasteiger partial charge >= 0.3 is 12.1 Å². The van der Waals surface area contributed by atoms with E-state index in [0.717, 1.165) is 23.4 Å². The average Bonchev–Trinajstić information content (AvgIpc) is 3.34. The van der Waals surface area contributed by atoms with Crippen LogP contribution < -0.4 is 0 Å². The first kappa shape index (κ1) is 19.5. The fourth-order valence-corrected chi connectivity index (χ4v) is 3.19. The number of alkyl halides is 3. The van der Waals surface area contributed by atoms with Crippen molar-refractivity contribution in [3.05, 3.63) is 77.5 Å². The number of aromatic nitrogens is 2. The quantitative estimate of drug-likeness (QED) is 0.429. The molecule has 0 saturated heterocycles. The molecule has 0 bridgehead atoms. The molecule has 0 aliphatic carbocycles. The fraction of sp³-hybridized carbons (Fsp3) is 0.0909. The van der Waals surface area contributed by atoms with Crippen molar-refractivity contribution in [2.24, 2.45) is 0 Å². The van der Waals surface area contributed by atoms with Crippen molar-refractivity contribution in [3.63, 3.8) is 0 Å². The maximum atomic E-state index is 13.5. The zero-order valence-electron chi connectivity index (χ0n) is 15.6. The zero-order valence-corrected chi connectivity index (χ0v) is 15.6. The van der Waals surface area contributed by atoms with Gasteiger partial charge in [0.05, 0.1) is 16.8 Å². The standard InChI is InChI=1S/C22H15F3N2O3/c1-12-19(13-5-3-2-4-6-13)27-20(26-12)18-10-9-17(30-18)15-8-7-14(21(28)29)11-16(15)22(23,24)25/h2-11H,1H3,(H,26,27)(H,28,29). The minimum Gasteiger partial charge on any atom is -0.478 e. The van der Waals surface area contributed by atoms with Gasteiger partial charge in [-0.05, 0) is 37.3 Å². The van der Waals surface area contributed by atoms with E-state index in [1.54, 1.807) is 0 Å². The van der Waals surface area contributed by atoms with E-state index in [-0.39, 0.29) is 17.1 Å². The van der Waals surface area contributed by atoms with Gasteiger partial charge < -0.3 is 14.5 Å². The SMILES string of the molecule is Cc1[nH]c(-c2ccc(-c3ccc(C(=O)O)cc3C(F)(F)F)o2)nc1-c1ccccc1. The largest absolute Gasteiger partial charge is 0.478 e. The van der Waals surface area contributed by atoms with Crippen LogP contribution in [0.3, 0.4) is 0 Å². The molecule has 0 fully saturated rings. The maximum absolute atomic E-state index is 13.5. The summed E-state index contributed by atoms with van der Waals surface area (Å²) >= 11 is 0. The number of aromatic amines is 1. The molecule has 30 heavy (non-hydrogen) atoms. The van der Waals surface area contributed by atoms with Gasteiger partial charge in [-0.25, -0.2) is 9.78 Å². The first-order valence-electron chi connectivity index (χ1n) is 8.91.